The SMILES string of the molecule is CC(=O)c1ccccc1CC(c1ccc(S(C)(=O)=O)cc1)c1cc[c]cc1S(C)(=O)=O. The molecule has 0 amide bonds. The van der Waals surface area contributed by atoms with Crippen molar-refractivity contribution in [2.75, 3.05) is 12.5 Å². The molecule has 7 heteroatoms. The van der Waals surface area contributed by atoms with Gasteiger partial charge in [-0.2, -0.15) is 0 Å². The molecule has 1 unspecified atom stereocenters. The number of sulfone groups is 2. The fourth-order valence-corrected chi connectivity index (χ4v) is 5.20. The van der Waals surface area contributed by atoms with Crippen LogP contribution in [-0.4, -0.2) is 35.1 Å². The second-order valence-corrected chi connectivity index (χ2v) is 11.5. The summed E-state index contributed by atoms with van der Waals surface area (Å²) in [6.07, 6.45) is 2.66. The van der Waals surface area contributed by atoms with Crippen molar-refractivity contribution in [3.63, 3.8) is 0 Å². The summed E-state index contributed by atoms with van der Waals surface area (Å²) in [5, 5.41) is 0. The maximum Gasteiger partial charge on any atom is 0.175 e. The van der Waals surface area contributed by atoms with E-state index in [4.69, 9.17) is 0 Å². The van der Waals surface area contributed by atoms with Crippen molar-refractivity contribution in [2.45, 2.75) is 29.1 Å². The van der Waals surface area contributed by atoms with Crippen LogP contribution in [0.15, 0.2) is 76.5 Å². The Hall–Kier alpha value is -2.77. The van der Waals surface area contributed by atoms with Gasteiger partial charge in [0.1, 0.15) is 0 Å². The van der Waals surface area contributed by atoms with E-state index < -0.39 is 25.6 Å². The highest BCUT2D eigenvalue weighted by atomic mass is 32.2. The van der Waals surface area contributed by atoms with Crippen molar-refractivity contribution >= 4 is 25.5 Å². The van der Waals surface area contributed by atoms with Crippen LogP contribution in [0, 0.1) is 6.07 Å². The molecule has 161 valence electrons. The molecule has 0 bridgehead atoms. The van der Waals surface area contributed by atoms with Gasteiger partial charge in [0.05, 0.1) is 9.79 Å². The molecular formula is C24H23O5S2. The molecule has 31 heavy (non-hydrogen) atoms. The Morgan fingerprint density at radius 2 is 1.55 bits per heavy atom. The fraction of sp³-hybridized carbons (Fsp3) is 0.208. The van der Waals surface area contributed by atoms with Gasteiger partial charge >= 0.3 is 0 Å². The van der Waals surface area contributed by atoms with E-state index in [1.807, 2.05) is 12.1 Å². The molecule has 1 radical (unpaired) electrons. The molecule has 0 aliphatic carbocycles. The number of carbonyl (C=O) groups excluding carboxylic acids is 1. The second-order valence-electron chi connectivity index (χ2n) is 7.55. The number of carbonyl (C=O) groups is 1. The summed E-state index contributed by atoms with van der Waals surface area (Å²) >= 11 is 0. The lowest BCUT2D eigenvalue weighted by molar-refractivity contribution is 0.101. The normalized spacial score (nSPS) is 13.0. The summed E-state index contributed by atoms with van der Waals surface area (Å²) in [4.78, 5) is 12.5. The predicted octanol–water partition coefficient (Wildman–Crippen LogP) is 3.87. The fourth-order valence-electron chi connectivity index (χ4n) is 3.65. The first-order valence-electron chi connectivity index (χ1n) is 9.57. The van der Waals surface area contributed by atoms with Crippen molar-refractivity contribution in [2.24, 2.45) is 0 Å². The van der Waals surface area contributed by atoms with Crippen LogP contribution >= 0.6 is 0 Å². The Kier molecular flexibility index (Phi) is 6.48. The van der Waals surface area contributed by atoms with Crippen LogP contribution in [0.5, 0.6) is 0 Å². The van der Waals surface area contributed by atoms with Crippen molar-refractivity contribution in [1.82, 2.24) is 0 Å². The zero-order chi connectivity index (χ0) is 22.8. The molecule has 0 heterocycles. The van der Waals surface area contributed by atoms with Gasteiger partial charge in [-0.05, 0) is 54.3 Å². The van der Waals surface area contributed by atoms with Gasteiger partial charge in [0.25, 0.3) is 0 Å². The lowest BCUT2D eigenvalue weighted by Gasteiger charge is -2.22. The first-order chi connectivity index (χ1) is 14.5. The van der Waals surface area contributed by atoms with E-state index in [0.29, 0.717) is 17.5 Å². The molecule has 3 aromatic carbocycles. The summed E-state index contributed by atoms with van der Waals surface area (Å²) in [6, 6.07) is 21.3. The second kappa shape index (κ2) is 8.77. The molecule has 3 aromatic rings. The van der Waals surface area contributed by atoms with E-state index in [1.165, 1.54) is 25.1 Å². The quantitative estimate of drug-likeness (QED) is 0.505. The summed E-state index contributed by atoms with van der Waals surface area (Å²) in [5.41, 5.74) is 2.69. The summed E-state index contributed by atoms with van der Waals surface area (Å²) in [7, 11) is -6.89. The monoisotopic (exact) mass is 455 g/mol. The summed E-state index contributed by atoms with van der Waals surface area (Å²) in [5.74, 6) is -0.486. The van der Waals surface area contributed by atoms with Crippen molar-refractivity contribution in [3.05, 3.63) is 95.1 Å². The maximum atomic E-state index is 12.4. The lowest BCUT2D eigenvalue weighted by atomic mass is 9.84. The number of benzene rings is 3. The van der Waals surface area contributed by atoms with E-state index >= 15 is 0 Å². The van der Waals surface area contributed by atoms with Crippen LogP contribution in [0.4, 0.5) is 0 Å². The Labute approximate surface area is 183 Å². The average Bonchev–Trinajstić information content (AvgIpc) is 2.71. The third-order valence-corrected chi connectivity index (χ3v) is 7.45. The maximum absolute atomic E-state index is 12.4. The van der Waals surface area contributed by atoms with E-state index in [1.54, 1.807) is 36.4 Å². The van der Waals surface area contributed by atoms with E-state index in [2.05, 4.69) is 6.07 Å². The minimum atomic E-state index is -3.53. The van der Waals surface area contributed by atoms with Gasteiger partial charge in [-0.3, -0.25) is 4.79 Å². The van der Waals surface area contributed by atoms with Gasteiger partial charge in [0.15, 0.2) is 25.5 Å². The molecule has 3 rings (SSSR count). The van der Waals surface area contributed by atoms with Gasteiger partial charge in [-0.15, -0.1) is 0 Å². The molecule has 5 nitrogen and oxygen atoms in total. The van der Waals surface area contributed by atoms with Crippen LogP contribution < -0.4 is 0 Å². The Balaban J connectivity index is 2.20. The highest BCUT2D eigenvalue weighted by Gasteiger charge is 2.24. The summed E-state index contributed by atoms with van der Waals surface area (Å²) < 4.78 is 48.6. The largest absolute Gasteiger partial charge is 0.295 e. The zero-order valence-corrected chi connectivity index (χ0v) is 19.1. The molecular weight excluding hydrogens is 432 g/mol. The molecule has 0 aromatic heterocycles. The average molecular weight is 456 g/mol. The molecule has 1 atom stereocenters. The van der Waals surface area contributed by atoms with Gasteiger partial charge in [-0.25, -0.2) is 16.8 Å². The van der Waals surface area contributed by atoms with Gasteiger partial charge in [0.2, 0.25) is 0 Å². The number of hydrogen-bond donors (Lipinski definition) is 0. The molecule has 0 aliphatic heterocycles. The van der Waals surface area contributed by atoms with Crippen molar-refractivity contribution < 1.29 is 21.6 Å². The van der Waals surface area contributed by atoms with Crippen LogP contribution in [-0.2, 0) is 26.1 Å². The smallest absolute Gasteiger partial charge is 0.175 e. The lowest BCUT2D eigenvalue weighted by Crippen LogP contribution is -2.13. The third kappa shape index (κ3) is 5.29. The zero-order valence-electron chi connectivity index (χ0n) is 17.5. The Morgan fingerprint density at radius 3 is 2.13 bits per heavy atom. The number of rotatable bonds is 7. The topological polar surface area (TPSA) is 85.3 Å². The number of Topliss-reactive ketones (excluding diaryl/α,β-unsaturated/α-hetero) is 1. The summed E-state index contributed by atoms with van der Waals surface area (Å²) in [6.45, 7) is 1.49. The third-order valence-electron chi connectivity index (χ3n) is 5.16. The Morgan fingerprint density at radius 1 is 0.903 bits per heavy atom. The van der Waals surface area contributed by atoms with E-state index in [0.717, 1.165) is 23.6 Å². The van der Waals surface area contributed by atoms with Crippen molar-refractivity contribution in [1.29, 1.82) is 0 Å². The number of ketones is 1. The van der Waals surface area contributed by atoms with E-state index in [-0.39, 0.29) is 15.6 Å². The van der Waals surface area contributed by atoms with Gasteiger partial charge in [-0.1, -0.05) is 48.5 Å². The van der Waals surface area contributed by atoms with Crippen molar-refractivity contribution in [3.8, 4) is 0 Å². The molecule has 0 spiro atoms. The van der Waals surface area contributed by atoms with E-state index in [9.17, 15) is 21.6 Å². The molecule has 0 N–H and O–H groups in total. The minimum absolute atomic E-state index is 0.0773. The van der Waals surface area contributed by atoms with Crippen LogP contribution in [0.1, 0.15) is 39.9 Å². The highest BCUT2D eigenvalue weighted by molar-refractivity contribution is 7.91. The minimum Gasteiger partial charge on any atom is -0.295 e. The molecule has 0 fully saturated rings. The Bertz CT molecular complexity index is 1320. The van der Waals surface area contributed by atoms with Crippen LogP contribution in [0.25, 0.3) is 0 Å². The highest BCUT2D eigenvalue weighted by Crippen LogP contribution is 2.34. The first kappa shape index (κ1) is 22.9. The van der Waals surface area contributed by atoms with Gasteiger partial charge in [0, 0.05) is 24.0 Å². The molecule has 0 saturated carbocycles. The molecule has 0 aliphatic rings. The first-order valence-corrected chi connectivity index (χ1v) is 13.4. The van der Waals surface area contributed by atoms with Gasteiger partial charge < -0.3 is 0 Å². The van der Waals surface area contributed by atoms with Crippen LogP contribution in [0.3, 0.4) is 0 Å². The number of hydrogen-bond acceptors (Lipinski definition) is 5. The molecule has 0 saturated heterocycles. The van der Waals surface area contributed by atoms with Crippen LogP contribution in [0.2, 0.25) is 0 Å². The standard InChI is InChI=1S/C24H23O5S2/c1-17(25)21-9-5-4-8-19(21)16-23(18-12-14-20(15-13-18)30(2,26)27)22-10-6-7-11-24(22)31(3,28)29/h4-6,8-15,23H,16H2,1-3H3. The predicted molar refractivity (Wildman–Crippen MR) is 120 cm³/mol.